The van der Waals surface area contributed by atoms with E-state index in [4.69, 9.17) is 16.3 Å². The highest BCUT2D eigenvalue weighted by molar-refractivity contribution is 6.30. The average Bonchev–Trinajstić information content (AvgIpc) is 2.67. The summed E-state index contributed by atoms with van der Waals surface area (Å²) in [5, 5.41) is 8.18. The Bertz CT molecular complexity index is 792. The molecular formula is C19H20ClN3O4. The number of amides is 3. The molecule has 0 aromatic heterocycles. The van der Waals surface area contributed by atoms with Crippen LogP contribution in [0.4, 0.5) is 5.69 Å². The summed E-state index contributed by atoms with van der Waals surface area (Å²) in [5.74, 6) is -0.448. The summed E-state index contributed by atoms with van der Waals surface area (Å²) >= 11 is 5.78. The molecule has 0 unspecified atom stereocenters. The van der Waals surface area contributed by atoms with Gasteiger partial charge in [-0.05, 0) is 42.0 Å². The van der Waals surface area contributed by atoms with E-state index in [1.807, 2.05) is 0 Å². The number of carbonyl (C=O) groups is 3. The van der Waals surface area contributed by atoms with E-state index in [-0.39, 0.29) is 31.3 Å². The molecule has 2 rings (SSSR count). The lowest BCUT2D eigenvalue weighted by Crippen LogP contribution is -2.40. The van der Waals surface area contributed by atoms with E-state index >= 15 is 0 Å². The molecule has 7 nitrogen and oxygen atoms in total. The molecule has 2 aromatic rings. The van der Waals surface area contributed by atoms with Crippen LogP contribution in [-0.4, -0.2) is 37.9 Å². The van der Waals surface area contributed by atoms with Crippen molar-refractivity contribution in [3.8, 4) is 5.75 Å². The molecular weight excluding hydrogens is 370 g/mol. The van der Waals surface area contributed by atoms with Crippen LogP contribution >= 0.6 is 11.6 Å². The monoisotopic (exact) mass is 389 g/mol. The van der Waals surface area contributed by atoms with E-state index in [1.54, 1.807) is 55.6 Å². The lowest BCUT2D eigenvalue weighted by Gasteiger charge is -2.08. The Balaban J connectivity index is 1.66. The van der Waals surface area contributed by atoms with E-state index in [0.29, 0.717) is 16.5 Å². The van der Waals surface area contributed by atoms with Gasteiger partial charge >= 0.3 is 0 Å². The number of rotatable bonds is 8. The number of hydrogen-bond donors (Lipinski definition) is 3. The summed E-state index contributed by atoms with van der Waals surface area (Å²) in [7, 11) is 1.55. The summed E-state index contributed by atoms with van der Waals surface area (Å²) in [5.41, 5.74) is 1.38. The van der Waals surface area contributed by atoms with Gasteiger partial charge in [0.05, 0.1) is 26.6 Å². The normalized spacial score (nSPS) is 10.0. The number of halogens is 1. The molecule has 0 spiro atoms. The minimum absolute atomic E-state index is 0.141. The molecule has 0 aliphatic carbocycles. The Morgan fingerprint density at radius 2 is 1.44 bits per heavy atom. The Morgan fingerprint density at radius 1 is 0.852 bits per heavy atom. The summed E-state index contributed by atoms with van der Waals surface area (Å²) in [6.45, 7) is -0.403. The van der Waals surface area contributed by atoms with Crippen LogP contribution in [0.25, 0.3) is 0 Å². The fraction of sp³-hybridized carbons (Fsp3) is 0.211. The minimum Gasteiger partial charge on any atom is -0.497 e. The van der Waals surface area contributed by atoms with Crippen molar-refractivity contribution in [2.75, 3.05) is 25.5 Å². The van der Waals surface area contributed by atoms with Gasteiger partial charge in [-0.15, -0.1) is 0 Å². The first-order valence-corrected chi connectivity index (χ1v) is 8.56. The van der Waals surface area contributed by atoms with Crippen LogP contribution in [-0.2, 0) is 20.8 Å². The highest BCUT2D eigenvalue weighted by Crippen LogP contribution is 2.14. The first kappa shape index (κ1) is 20.3. The van der Waals surface area contributed by atoms with Gasteiger partial charge in [0, 0.05) is 10.7 Å². The largest absolute Gasteiger partial charge is 0.497 e. The van der Waals surface area contributed by atoms with Gasteiger partial charge in [0.25, 0.3) is 0 Å². The highest BCUT2D eigenvalue weighted by atomic mass is 35.5. The molecule has 3 N–H and O–H groups in total. The van der Waals surface area contributed by atoms with E-state index in [0.717, 1.165) is 5.56 Å². The van der Waals surface area contributed by atoms with Gasteiger partial charge in [0.2, 0.25) is 17.7 Å². The molecule has 0 aliphatic rings. The Hall–Kier alpha value is -3.06. The summed E-state index contributed by atoms with van der Waals surface area (Å²) < 4.78 is 5.03. The number of ether oxygens (including phenoxy) is 1. The van der Waals surface area contributed by atoms with Crippen LogP contribution in [0.5, 0.6) is 5.75 Å². The molecule has 0 aliphatic heterocycles. The van der Waals surface area contributed by atoms with E-state index in [9.17, 15) is 14.4 Å². The third-order valence-electron chi connectivity index (χ3n) is 3.54. The van der Waals surface area contributed by atoms with Crippen LogP contribution in [0.15, 0.2) is 48.5 Å². The van der Waals surface area contributed by atoms with Gasteiger partial charge in [-0.3, -0.25) is 14.4 Å². The van der Waals surface area contributed by atoms with Gasteiger partial charge in [0.1, 0.15) is 5.75 Å². The number of benzene rings is 2. The molecule has 3 amide bonds. The molecule has 0 atom stereocenters. The molecule has 0 bridgehead atoms. The van der Waals surface area contributed by atoms with Crippen molar-refractivity contribution < 1.29 is 19.1 Å². The Kier molecular flexibility index (Phi) is 7.63. The molecule has 27 heavy (non-hydrogen) atoms. The van der Waals surface area contributed by atoms with Crippen LogP contribution in [0.2, 0.25) is 5.02 Å². The topological polar surface area (TPSA) is 96.5 Å². The third-order valence-corrected chi connectivity index (χ3v) is 3.80. The van der Waals surface area contributed by atoms with E-state index < -0.39 is 5.91 Å². The Labute approximate surface area is 162 Å². The quantitative estimate of drug-likeness (QED) is 0.641. The first-order valence-electron chi connectivity index (χ1n) is 8.18. The maximum absolute atomic E-state index is 11.8. The van der Waals surface area contributed by atoms with Gasteiger partial charge in [-0.1, -0.05) is 23.7 Å². The molecule has 8 heteroatoms. The standard InChI is InChI=1S/C19H20ClN3O4/c1-27-16-8-6-15(7-9-16)23-19(26)12-22-18(25)11-21-17(24)10-13-2-4-14(20)5-3-13/h2-9H,10-12H2,1H3,(H,21,24)(H,22,25)(H,23,26). The number of nitrogens with one attached hydrogen (secondary N) is 3. The van der Waals surface area contributed by atoms with Crippen LogP contribution in [0.3, 0.4) is 0 Å². The number of hydrogen-bond acceptors (Lipinski definition) is 4. The molecule has 0 saturated carbocycles. The van der Waals surface area contributed by atoms with Gasteiger partial charge in [-0.25, -0.2) is 0 Å². The van der Waals surface area contributed by atoms with Gasteiger partial charge < -0.3 is 20.7 Å². The van der Waals surface area contributed by atoms with Crippen molar-refractivity contribution in [1.82, 2.24) is 10.6 Å². The molecule has 0 fully saturated rings. The van der Waals surface area contributed by atoms with Gasteiger partial charge in [-0.2, -0.15) is 0 Å². The van der Waals surface area contributed by atoms with Crippen LogP contribution in [0, 0.1) is 0 Å². The Morgan fingerprint density at radius 3 is 2.07 bits per heavy atom. The minimum atomic E-state index is -0.454. The fourth-order valence-electron chi connectivity index (χ4n) is 2.15. The third kappa shape index (κ3) is 7.37. The van der Waals surface area contributed by atoms with Crippen molar-refractivity contribution in [2.24, 2.45) is 0 Å². The average molecular weight is 390 g/mol. The van der Waals surface area contributed by atoms with Crippen molar-refractivity contribution in [3.05, 3.63) is 59.1 Å². The SMILES string of the molecule is COc1ccc(NC(=O)CNC(=O)CNC(=O)Cc2ccc(Cl)cc2)cc1. The smallest absolute Gasteiger partial charge is 0.243 e. The summed E-state index contributed by atoms with van der Waals surface area (Å²) in [6, 6.07) is 13.7. The number of carbonyl (C=O) groups excluding carboxylic acids is 3. The zero-order valence-electron chi connectivity index (χ0n) is 14.8. The van der Waals surface area contributed by atoms with Gasteiger partial charge in [0.15, 0.2) is 0 Å². The molecule has 142 valence electrons. The van der Waals surface area contributed by atoms with Crippen LogP contribution < -0.4 is 20.7 Å². The zero-order valence-corrected chi connectivity index (χ0v) is 15.5. The molecule has 0 radical (unpaired) electrons. The van der Waals surface area contributed by atoms with Crippen molar-refractivity contribution in [2.45, 2.75) is 6.42 Å². The second-order valence-corrected chi connectivity index (χ2v) is 6.07. The maximum atomic E-state index is 11.8. The first-order chi connectivity index (χ1) is 13.0. The number of methoxy groups -OCH3 is 1. The highest BCUT2D eigenvalue weighted by Gasteiger charge is 2.09. The molecule has 0 saturated heterocycles. The molecule has 2 aromatic carbocycles. The van der Waals surface area contributed by atoms with E-state index in [2.05, 4.69) is 16.0 Å². The number of anilines is 1. The van der Waals surface area contributed by atoms with Crippen LogP contribution in [0.1, 0.15) is 5.56 Å². The summed E-state index contributed by atoms with van der Waals surface area (Å²) in [4.78, 5) is 35.4. The van der Waals surface area contributed by atoms with E-state index in [1.165, 1.54) is 0 Å². The molecule has 0 heterocycles. The van der Waals surface area contributed by atoms with Crippen molar-refractivity contribution in [1.29, 1.82) is 0 Å². The van der Waals surface area contributed by atoms with Crippen molar-refractivity contribution >= 4 is 35.0 Å². The lowest BCUT2D eigenvalue weighted by atomic mass is 10.1. The predicted molar refractivity (Wildman–Crippen MR) is 103 cm³/mol. The second kappa shape index (κ2) is 10.2. The predicted octanol–water partition coefficient (Wildman–Crippen LogP) is 1.76. The summed E-state index contributed by atoms with van der Waals surface area (Å²) in [6.07, 6.45) is 0.141. The maximum Gasteiger partial charge on any atom is 0.243 e. The lowest BCUT2D eigenvalue weighted by molar-refractivity contribution is -0.126. The fourth-order valence-corrected chi connectivity index (χ4v) is 2.28. The second-order valence-electron chi connectivity index (χ2n) is 5.63. The van der Waals surface area contributed by atoms with Crippen molar-refractivity contribution in [3.63, 3.8) is 0 Å². The zero-order chi connectivity index (χ0) is 19.6.